The predicted molar refractivity (Wildman–Crippen MR) is 83.4 cm³/mol. The van der Waals surface area contributed by atoms with E-state index >= 15 is 0 Å². The summed E-state index contributed by atoms with van der Waals surface area (Å²) in [6, 6.07) is 6.10. The Morgan fingerprint density at radius 2 is 2.27 bits per heavy atom. The van der Waals surface area contributed by atoms with Gasteiger partial charge in [-0.1, -0.05) is 6.07 Å². The number of pyridine rings is 1. The molecule has 3 aromatic rings. The standard InChI is InChI=1S/C15H16N6S/c1-10-19-20-13(22-10)8-21-7-5-11-14(18-9-17-11)15(21)12-4-2-3-6-16-12/h2-4,6,9,15H,5,7-8H2,1H3,(H,17,18)/t15-/m1/s1. The lowest BCUT2D eigenvalue weighted by molar-refractivity contribution is 0.196. The van der Waals surface area contributed by atoms with Crippen LogP contribution in [0.5, 0.6) is 0 Å². The highest BCUT2D eigenvalue weighted by Crippen LogP contribution is 2.33. The van der Waals surface area contributed by atoms with Gasteiger partial charge in [-0.2, -0.15) is 0 Å². The van der Waals surface area contributed by atoms with Crippen LogP contribution >= 0.6 is 11.3 Å². The number of nitrogens with one attached hydrogen (secondary N) is 1. The molecular weight excluding hydrogens is 296 g/mol. The van der Waals surface area contributed by atoms with Gasteiger partial charge < -0.3 is 4.98 Å². The second-order valence-corrected chi connectivity index (χ2v) is 6.62. The monoisotopic (exact) mass is 312 g/mol. The van der Waals surface area contributed by atoms with Crippen LogP contribution in [0.15, 0.2) is 30.7 Å². The highest BCUT2D eigenvalue weighted by Gasteiger charge is 2.32. The zero-order valence-corrected chi connectivity index (χ0v) is 13.0. The summed E-state index contributed by atoms with van der Waals surface area (Å²) in [6.07, 6.45) is 4.58. The van der Waals surface area contributed by atoms with E-state index in [2.05, 4.69) is 36.1 Å². The van der Waals surface area contributed by atoms with Gasteiger partial charge in [-0.15, -0.1) is 21.5 Å². The predicted octanol–water partition coefficient (Wildman–Crippen LogP) is 2.11. The van der Waals surface area contributed by atoms with Gasteiger partial charge in [-0.25, -0.2) is 4.98 Å². The van der Waals surface area contributed by atoms with E-state index in [0.717, 1.165) is 40.9 Å². The number of aromatic amines is 1. The molecule has 1 N–H and O–H groups in total. The molecule has 7 heteroatoms. The topological polar surface area (TPSA) is 70.6 Å². The molecule has 4 rings (SSSR count). The normalized spacial score (nSPS) is 18.3. The van der Waals surface area contributed by atoms with Crippen molar-refractivity contribution >= 4 is 11.3 Å². The Kier molecular flexibility index (Phi) is 3.44. The first-order chi connectivity index (χ1) is 10.8. The molecular formula is C15H16N6S. The maximum atomic E-state index is 4.55. The Morgan fingerprint density at radius 3 is 3.05 bits per heavy atom. The van der Waals surface area contributed by atoms with Crippen molar-refractivity contribution in [1.29, 1.82) is 0 Å². The molecule has 0 fully saturated rings. The summed E-state index contributed by atoms with van der Waals surface area (Å²) in [7, 11) is 0. The van der Waals surface area contributed by atoms with E-state index in [0.29, 0.717) is 0 Å². The van der Waals surface area contributed by atoms with Gasteiger partial charge in [-0.3, -0.25) is 9.88 Å². The van der Waals surface area contributed by atoms with Gasteiger partial charge >= 0.3 is 0 Å². The van der Waals surface area contributed by atoms with Crippen LogP contribution in [0, 0.1) is 6.92 Å². The van der Waals surface area contributed by atoms with Gasteiger partial charge in [0.25, 0.3) is 0 Å². The lowest BCUT2D eigenvalue weighted by atomic mass is 9.99. The number of rotatable bonds is 3. The SMILES string of the molecule is Cc1nnc(CN2CCc3[nH]cnc3[C@H]2c2ccccn2)s1. The average Bonchev–Trinajstić information content (AvgIpc) is 3.17. The molecule has 0 saturated heterocycles. The van der Waals surface area contributed by atoms with Gasteiger partial charge in [0, 0.05) is 24.9 Å². The smallest absolute Gasteiger partial charge is 0.131 e. The largest absolute Gasteiger partial charge is 0.348 e. The number of hydrogen-bond acceptors (Lipinski definition) is 6. The Labute approximate surface area is 132 Å². The van der Waals surface area contributed by atoms with Gasteiger partial charge in [0.15, 0.2) is 0 Å². The average molecular weight is 312 g/mol. The zero-order valence-electron chi connectivity index (χ0n) is 12.2. The minimum atomic E-state index is 0.0698. The summed E-state index contributed by atoms with van der Waals surface area (Å²) < 4.78 is 0. The Hall–Kier alpha value is -2.12. The first-order valence-corrected chi connectivity index (χ1v) is 8.09. The highest BCUT2D eigenvalue weighted by molar-refractivity contribution is 7.11. The number of fused-ring (bicyclic) bond motifs is 1. The van der Waals surface area contributed by atoms with Gasteiger partial charge in [0.1, 0.15) is 10.0 Å². The number of hydrogen-bond donors (Lipinski definition) is 1. The summed E-state index contributed by atoms with van der Waals surface area (Å²) in [5.74, 6) is 0. The minimum absolute atomic E-state index is 0.0698. The van der Waals surface area contributed by atoms with E-state index in [1.807, 2.05) is 25.3 Å². The van der Waals surface area contributed by atoms with Crippen LogP contribution in [0.1, 0.15) is 33.1 Å². The highest BCUT2D eigenvalue weighted by atomic mass is 32.1. The summed E-state index contributed by atoms with van der Waals surface area (Å²) in [5.41, 5.74) is 3.31. The molecule has 0 bridgehead atoms. The molecule has 1 aliphatic rings. The third kappa shape index (κ3) is 2.42. The van der Waals surface area contributed by atoms with E-state index in [-0.39, 0.29) is 6.04 Å². The summed E-state index contributed by atoms with van der Waals surface area (Å²) in [4.78, 5) is 14.7. The molecule has 3 aromatic heterocycles. The van der Waals surface area contributed by atoms with E-state index in [9.17, 15) is 0 Å². The molecule has 0 radical (unpaired) electrons. The maximum absolute atomic E-state index is 4.55. The zero-order chi connectivity index (χ0) is 14.9. The van der Waals surface area contributed by atoms with Crippen LogP contribution in [0.25, 0.3) is 0 Å². The van der Waals surface area contributed by atoms with Gasteiger partial charge in [0.05, 0.1) is 30.3 Å². The van der Waals surface area contributed by atoms with Crippen LogP contribution in [0.2, 0.25) is 0 Å². The van der Waals surface area contributed by atoms with E-state index < -0.39 is 0 Å². The molecule has 0 saturated carbocycles. The van der Waals surface area contributed by atoms with Crippen molar-refractivity contribution in [3.63, 3.8) is 0 Å². The van der Waals surface area contributed by atoms with Crippen molar-refractivity contribution in [1.82, 2.24) is 30.0 Å². The number of imidazole rings is 1. The molecule has 4 heterocycles. The number of aromatic nitrogens is 5. The van der Waals surface area contributed by atoms with Crippen molar-refractivity contribution in [3.8, 4) is 0 Å². The Morgan fingerprint density at radius 1 is 1.32 bits per heavy atom. The fourth-order valence-corrected chi connectivity index (χ4v) is 3.67. The molecule has 112 valence electrons. The van der Waals surface area contributed by atoms with Gasteiger partial charge in [-0.05, 0) is 19.1 Å². The molecule has 0 amide bonds. The fraction of sp³-hybridized carbons (Fsp3) is 0.333. The first kappa shape index (κ1) is 13.5. The summed E-state index contributed by atoms with van der Waals surface area (Å²) in [6.45, 7) is 3.72. The van der Waals surface area contributed by atoms with Crippen molar-refractivity contribution in [2.24, 2.45) is 0 Å². The van der Waals surface area contributed by atoms with Crippen LogP contribution in [0.3, 0.4) is 0 Å². The van der Waals surface area contributed by atoms with Crippen LogP contribution in [-0.4, -0.2) is 36.6 Å². The van der Waals surface area contributed by atoms with E-state index in [4.69, 9.17) is 0 Å². The van der Waals surface area contributed by atoms with Crippen molar-refractivity contribution < 1.29 is 0 Å². The lowest BCUT2D eigenvalue weighted by Crippen LogP contribution is -2.36. The Balaban J connectivity index is 1.71. The third-order valence-electron chi connectivity index (χ3n) is 3.90. The molecule has 6 nitrogen and oxygen atoms in total. The lowest BCUT2D eigenvalue weighted by Gasteiger charge is -2.33. The van der Waals surface area contributed by atoms with Crippen molar-refractivity contribution in [2.75, 3.05) is 6.54 Å². The fourth-order valence-electron chi connectivity index (χ4n) is 2.94. The number of nitrogens with zero attached hydrogens (tertiary/aromatic N) is 5. The number of H-pyrrole nitrogens is 1. The molecule has 1 aliphatic heterocycles. The van der Waals surface area contributed by atoms with E-state index in [1.54, 1.807) is 17.7 Å². The van der Waals surface area contributed by atoms with Gasteiger partial charge in [0.2, 0.25) is 0 Å². The van der Waals surface area contributed by atoms with Crippen LogP contribution in [-0.2, 0) is 13.0 Å². The van der Waals surface area contributed by atoms with Crippen molar-refractivity contribution in [2.45, 2.75) is 25.9 Å². The molecule has 0 aromatic carbocycles. The molecule has 0 aliphatic carbocycles. The minimum Gasteiger partial charge on any atom is -0.348 e. The number of aryl methyl sites for hydroxylation is 1. The molecule has 0 unspecified atom stereocenters. The maximum Gasteiger partial charge on any atom is 0.131 e. The van der Waals surface area contributed by atoms with Crippen molar-refractivity contribution in [3.05, 3.63) is 57.8 Å². The Bertz CT molecular complexity index is 765. The van der Waals surface area contributed by atoms with Crippen LogP contribution in [0.4, 0.5) is 0 Å². The molecule has 1 atom stereocenters. The molecule has 22 heavy (non-hydrogen) atoms. The second-order valence-electron chi connectivity index (χ2n) is 5.36. The second kappa shape index (κ2) is 5.58. The first-order valence-electron chi connectivity index (χ1n) is 7.27. The quantitative estimate of drug-likeness (QED) is 0.802. The summed E-state index contributed by atoms with van der Waals surface area (Å²) >= 11 is 1.65. The summed E-state index contributed by atoms with van der Waals surface area (Å²) in [5, 5.41) is 10.4. The van der Waals surface area contributed by atoms with Crippen LogP contribution < -0.4 is 0 Å². The third-order valence-corrected chi connectivity index (χ3v) is 4.72. The van der Waals surface area contributed by atoms with E-state index in [1.165, 1.54) is 5.69 Å². The molecule has 0 spiro atoms.